The number of rotatable bonds is 9. The molecule has 6 atom stereocenters. The zero-order chi connectivity index (χ0) is 36.6. The van der Waals surface area contributed by atoms with Gasteiger partial charge in [0.2, 0.25) is 11.8 Å². The minimum absolute atomic E-state index is 0.102. The number of aromatic amines is 2. The van der Waals surface area contributed by atoms with Crippen LogP contribution in [0.2, 0.25) is 0 Å². The van der Waals surface area contributed by atoms with E-state index < -0.39 is 29.8 Å². The van der Waals surface area contributed by atoms with Gasteiger partial charge in [0.25, 0.3) is 0 Å². The molecule has 6 rings (SSSR count). The van der Waals surface area contributed by atoms with Crippen molar-refractivity contribution in [2.45, 2.75) is 81.6 Å². The maximum atomic E-state index is 13.5. The first kappa shape index (κ1) is 36.4. The van der Waals surface area contributed by atoms with E-state index in [-0.39, 0.29) is 40.2 Å². The summed E-state index contributed by atoms with van der Waals surface area (Å²) in [6, 6.07) is -1.58. The first-order valence-electron chi connectivity index (χ1n) is 17.0. The molecule has 4 aliphatic heterocycles. The van der Waals surface area contributed by atoms with Gasteiger partial charge in [0.15, 0.2) is 0 Å². The van der Waals surface area contributed by atoms with Crippen LogP contribution in [0.25, 0.3) is 4.91 Å². The number of likely N-dealkylation sites (tertiary alicyclic amines) is 2. The van der Waals surface area contributed by atoms with Crippen molar-refractivity contribution in [1.29, 1.82) is 0 Å². The summed E-state index contributed by atoms with van der Waals surface area (Å²) in [6.07, 6.45) is 8.21. The molecule has 14 nitrogen and oxygen atoms in total. The molecule has 4 amide bonds. The number of nitrogens with zero attached hydrogens (tertiary/aromatic N) is 4. The van der Waals surface area contributed by atoms with Gasteiger partial charge in [0.1, 0.15) is 29.4 Å². The van der Waals surface area contributed by atoms with Crippen LogP contribution < -0.4 is 10.6 Å². The van der Waals surface area contributed by atoms with E-state index in [0.717, 1.165) is 34.2 Å². The Balaban J connectivity index is 1.05. The minimum Gasteiger partial charge on any atom is -0.453 e. The fraction of sp³-hybridized carbons (Fsp3) is 0.543. The third kappa shape index (κ3) is 7.23. The largest absolute Gasteiger partial charge is 0.453 e. The number of amides is 4. The number of imidazole rings is 2. The lowest BCUT2D eigenvalue weighted by atomic mass is 9.84. The standard InChI is InChI=1S/C35H44N8O6S2/c1-18(2)27(40-33(46)48-6)30(44)42-12-10-23(42)29-36-16-20(38-29)8-9-21-14-25-26(50-21)15-24(51-25)22-17-37-32(39-22)35(5)11-13-43(35)31(45)28(19(3)4)41-34(47)49-7/h14-19,23,25-28H,10-13H2,1-7H3,(H,36,38)(H,37,39)(H,40,46)(H,41,47). The van der Waals surface area contributed by atoms with Crippen molar-refractivity contribution in [2.75, 3.05) is 27.3 Å². The quantitative estimate of drug-likeness (QED) is 0.274. The van der Waals surface area contributed by atoms with Gasteiger partial charge in [-0.25, -0.2) is 19.6 Å². The van der Waals surface area contributed by atoms with Gasteiger partial charge >= 0.3 is 12.2 Å². The number of nitrogens with one attached hydrogen (secondary N) is 4. The van der Waals surface area contributed by atoms with E-state index in [1.54, 1.807) is 39.5 Å². The summed E-state index contributed by atoms with van der Waals surface area (Å²) in [4.78, 5) is 72.0. The summed E-state index contributed by atoms with van der Waals surface area (Å²) in [5.41, 5.74) is 0.978. The van der Waals surface area contributed by atoms with Gasteiger partial charge in [-0.15, -0.1) is 23.5 Å². The van der Waals surface area contributed by atoms with Crippen molar-refractivity contribution in [3.8, 4) is 11.8 Å². The molecule has 16 heteroatoms. The smallest absolute Gasteiger partial charge is 0.407 e. The number of thioether (sulfide) groups is 2. The van der Waals surface area contributed by atoms with Crippen LogP contribution in [0.3, 0.4) is 0 Å². The third-order valence-electron chi connectivity index (χ3n) is 9.83. The molecule has 0 radical (unpaired) electrons. The summed E-state index contributed by atoms with van der Waals surface area (Å²) in [5.74, 6) is 7.34. The van der Waals surface area contributed by atoms with Gasteiger partial charge in [0.05, 0.1) is 48.8 Å². The number of H-pyrrole nitrogens is 2. The predicted octanol–water partition coefficient (Wildman–Crippen LogP) is 4.12. The maximum absolute atomic E-state index is 13.5. The second-order valence-electron chi connectivity index (χ2n) is 13.9. The lowest BCUT2D eigenvalue weighted by molar-refractivity contribution is -0.151. The molecule has 2 aromatic rings. The normalized spacial score (nSPS) is 24.7. The Labute approximate surface area is 305 Å². The highest BCUT2D eigenvalue weighted by molar-refractivity contribution is 8.12. The zero-order valence-electron chi connectivity index (χ0n) is 29.7. The van der Waals surface area contributed by atoms with Crippen LogP contribution in [-0.4, -0.2) is 104 Å². The van der Waals surface area contributed by atoms with E-state index in [0.29, 0.717) is 24.6 Å². The number of hydrogen-bond acceptors (Lipinski definition) is 10. The maximum Gasteiger partial charge on any atom is 0.407 e. The summed E-state index contributed by atoms with van der Waals surface area (Å²) in [7, 11) is 2.56. The van der Waals surface area contributed by atoms with Crippen molar-refractivity contribution in [3.05, 3.63) is 52.5 Å². The van der Waals surface area contributed by atoms with Gasteiger partial charge in [-0.1, -0.05) is 39.7 Å². The lowest BCUT2D eigenvalue weighted by Gasteiger charge is -2.50. The van der Waals surface area contributed by atoms with E-state index in [2.05, 4.69) is 49.6 Å². The number of methoxy groups -OCH3 is 2. The Morgan fingerprint density at radius 2 is 1.57 bits per heavy atom. The molecule has 6 heterocycles. The molecule has 272 valence electrons. The summed E-state index contributed by atoms with van der Waals surface area (Å²) < 4.78 is 9.44. The molecule has 0 aromatic carbocycles. The topological polar surface area (TPSA) is 175 Å². The second-order valence-corrected chi connectivity index (χ2v) is 16.3. The first-order chi connectivity index (χ1) is 24.3. The van der Waals surface area contributed by atoms with E-state index in [1.807, 2.05) is 40.8 Å². The number of carbonyl (C=O) groups excluding carboxylic acids is 4. The third-order valence-corrected chi connectivity index (χ3v) is 12.5. The highest BCUT2D eigenvalue weighted by Gasteiger charge is 2.49. The van der Waals surface area contributed by atoms with Crippen molar-refractivity contribution in [1.82, 2.24) is 40.4 Å². The predicted molar refractivity (Wildman–Crippen MR) is 194 cm³/mol. The summed E-state index contributed by atoms with van der Waals surface area (Å²) in [5, 5.41) is 5.79. The molecule has 0 spiro atoms. The minimum atomic E-state index is -0.694. The summed E-state index contributed by atoms with van der Waals surface area (Å²) in [6.45, 7) is 10.7. The molecule has 4 N–H and O–H groups in total. The molecule has 2 fully saturated rings. The number of ether oxygens (including phenoxy) is 2. The van der Waals surface area contributed by atoms with Gasteiger partial charge in [-0.05, 0) is 43.6 Å². The molecule has 51 heavy (non-hydrogen) atoms. The molecule has 0 saturated carbocycles. The molecule has 4 aliphatic rings. The van der Waals surface area contributed by atoms with E-state index in [9.17, 15) is 19.2 Å². The number of carbonyl (C=O) groups is 4. The Morgan fingerprint density at radius 1 is 0.902 bits per heavy atom. The number of hydrogen-bond donors (Lipinski definition) is 4. The average Bonchev–Trinajstić information content (AvgIpc) is 3.87. The number of alkyl carbamates (subject to hydrolysis) is 2. The molecule has 6 unspecified atom stereocenters. The van der Waals surface area contributed by atoms with Crippen LogP contribution in [0.1, 0.15) is 76.5 Å². The molecule has 0 aliphatic carbocycles. The van der Waals surface area contributed by atoms with E-state index >= 15 is 0 Å². The van der Waals surface area contributed by atoms with Crippen LogP contribution in [0.15, 0.2) is 29.5 Å². The van der Waals surface area contributed by atoms with E-state index in [1.165, 1.54) is 14.2 Å². The van der Waals surface area contributed by atoms with Gasteiger partial charge in [-0.2, -0.15) is 0 Å². The van der Waals surface area contributed by atoms with Crippen LogP contribution >= 0.6 is 23.5 Å². The molecule has 0 bridgehead atoms. The highest BCUT2D eigenvalue weighted by Crippen LogP contribution is 2.50. The van der Waals surface area contributed by atoms with Crippen molar-refractivity contribution < 1.29 is 28.7 Å². The number of aromatic nitrogens is 4. The average molecular weight is 737 g/mol. The Kier molecular flexibility index (Phi) is 10.5. The molecular formula is C35H44N8O6S2. The Bertz CT molecular complexity index is 1820. The lowest BCUT2D eigenvalue weighted by Crippen LogP contribution is -2.63. The van der Waals surface area contributed by atoms with Crippen LogP contribution in [0.4, 0.5) is 9.59 Å². The van der Waals surface area contributed by atoms with Gasteiger partial charge in [-0.3, -0.25) is 9.59 Å². The van der Waals surface area contributed by atoms with Gasteiger partial charge in [0, 0.05) is 28.5 Å². The second kappa shape index (κ2) is 14.7. The highest BCUT2D eigenvalue weighted by atomic mass is 32.2. The fourth-order valence-corrected chi connectivity index (χ4v) is 9.26. The molecular weight excluding hydrogens is 693 g/mol. The van der Waals surface area contributed by atoms with Crippen molar-refractivity contribution >= 4 is 52.4 Å². The monoisotopic (exact) mass is 736 g/mol. The van der Waals surface area contributed by atoms with E-state index in [4.69, 9.17) is 14.5 Å². The Hall–Kier alpha value is -4.36. The molecule has 2 aromatic heterocycles. The van der Waals surface area contributed by atoms with Crippen LogP contribution in [0.5, 0.6) is 0 Å². The van der Waals surface area contributed by atoms with Gasteiger partial charge < -0.3 is 39.9 Å². The number of fused-ring (bicyclic) bond motifs is 1. The number of allylic oxidation sites excluding steroid dienone is 1. The van der Waals surface area contributed by atoms with Crippen LogP contribution in [-0.2, 0) is 24.6 Å². The fourth-order valence-electron chi connectivity index (χ4n) is 6.54. The molecule has 2 saturated heterocycles. The first-order valence-corrected chi connectivity index (χ1v) is 18.8. The zero-order valence-corrected chi connectivity index (χ0v) is 31.4. The van der Waals surface area contributed by atoms with Crippen molar-refractivity contribution in [2.24, 2.45) is 11.8 Å². The van der Waals surface area contributed by atoms with Crippen LogP contribution in [0, 0.1) is 23.7 Å². The summed E-state index contributed by atoms with van der Waals surface area (Å²) >= 11 is 3.47. The Morgan fingerprint density at radius 3 is 2.14 bits per heavy atom. The van der Waals surface area contributed by atoms with Crippen molar-refractivity contribution in [3.63, 3.8) is 0 Å². The SMILES string of the molecule is COC(=O)NC(C(=O)N1CCC1c1ncc(C#CC2=CC3SC(c4cnc(C5(C)CCN5C(=O)C(NC(=O)OC)C(C)C)[nH]4)=CC3S2)[nH]1)C(C)C.